The molecule has 0 aromatic heterocycles. The van der Waals surface area contributed by atoms with Crippen molar-refractivity contribution in [1.29, 1.82) is 0 Å². The number of nitrogens with zero attached hydrogens (tertiary/aromatic N) is 1. The van der Waals surface area contributed by atoms with E-state index in [2.05, 4.69) is 10.1 Å². The highest BCUT2D eigenvalue weighted by molar-refractivity contribution is 6.00. The normalized spacial score (nSPS) is 9.86. The summed E-state index contributed by atoms with van der Waals surface area (Å²) >= 11 is 0. The lowest BCUT2D eigenvalue weighted by atomic mass is 10.2. The zero-order valence-corrected chi connectivity index (χ0v) is 11.6. The van der Waals surface area contributed by atoms with Gasteiger partial charge in [-0.1, -0.05) is 0 Å². The summed E-state index contributed by atoms with van der Waals surface area (Å²) in [6, 6.07) is 2.30. The fourth-order valence-corrected chi connectivity index (χ4v) is 1.48. The summed E-state index contributed by atoms with van der Waals surface area (Å²) in [6.07, 6.45) is -0.00460. The lowest BCUT2D eigenvalue weighted by Crippen LogP contribution is -2.33. The number of halogens is 1. The van der Waals surface area contributed by atoms with Crippen LogP contribution in [0.25, 0.3) is 0 Å². The van der Waals surface area contributed by atoms with Gasteiger partial charge in [-0.25, -0.2) is 14.0 Å². The molecule has 0 aliphatic heterocycles. The number of carboxylic acid groups (broad SMARTS) is 1. The van der Waals surface area contributed by atoms with E-state index in [-0.39, 0.29) is 24.2 Å². The van der Waals surface area contributed by atoms with Gasteiger partial charge >= 0.3 is 18.0 Å². The second-order valence-corrected chi connectivity index (χ2v) is 4.17. The topological polar surface area (TPSA) is 95.9 Å². The number of carbonyl (C=O) groups is 3. The number of urea groups is 1. The van der Waals surface area contributed by atoms with Gasteiger partial charge in [-0.05, 0) is 18.2 Å². The molecule has 2 amide bonds. The van der Waals surface area contributed by atoms with E-state index < -0.39 is 23.8 Å². The third kappa shape index (κ3) is 4.75. The summed E-state index contributed by atoms with van der Waals surface area (Å²) in [5.41, 5.74) is -0.386. The highest BCUT2D eigenvalue weighted by atomic mass is 19.1. The number of anilines is 1. The van der Waals surface area contributed by atoms with Crippen LogP contribution in [0.2, 0.25) is 0 Å². The summed E-state index contributed by atoms with van der Waals surface area (Å²) in [4.78, 5) is 35.0. The zero-order valence-electron chi connectivity index (χ0n) is 11.6. The Kier molecular flexibility index (Phi) is 5.65. The molecule has 7 nitrogen and oxygen atoms in total. The molecule has 1 rings (SSSR count). The monoisotopic (exact) mass is 298 g/mol. The highest BCUT2D eigenvalue weighted by Gasteiger charge is 2.16. The van der Waals surface area contributed by atoms with Crippen molar-refractivity contribution in [3.8, 4) is 0 Å². The fourth-order valence-electron chi connectivity index (χ4n) is 1.48. The van der Waals surface area contributed by atoms with E-state index in [9.17, 15) is 18.8 Å². The first-order chi connectivity index (χ1) is 9.85. The predicted octanol–water partition coefficient (Wildman–Crippen LogP) is 1.55. The Hall–Kier alpha value is -2.64. The number of nitrogens with one attached hydrogen (secondary N) is 1. The van der Waals surface area contributed by atoms with Crippen LogP contribution in [0.1, 0.15) is 16.8 Å². The minimum atomic E-state index is -1.29. The molecule has 1 aromatic carbocycles. The molecule has 0 bridgehead atoms. The molecule has 0 unspecified atom stereocenters. The average Bonchev–Trinajstić information content (AvgIpc) is 2.43. The van der Waals surface area contributed by atoms with Crippen molar-refractivity contribution < 1.29 is 28.6 Å². The van der Waals surface area contributed by atoms with E-state index in [1.54, 1.807) is 0 Å². The number of benzene rings is 1. The van der Waals surface area contributed by atoms with Gasteiger partial charge in [0.1, 0.15) is 5.82 Å². The van der Waals surface area contributed by atoms with Crippen molar-refractivity contribution in [2.75, 3.05) is 26.0 Å². The standard InChI is InChI=1S/C13H15FN2O5/c1-16(6-5-11(17)21-2)13(20)15-10-7-8(14)3-4-9(10)12(18)19/h3-4,7H,5-6H2,1-2H3,(H,15,20)(H,18,19). The van der Waals surface area contributed by atoms with Crippen LogP contribution in [0, 0.1) is 5.82 Å². The first-order valence-corrected chi connectivity index (χ1v) is 5.97. The second-order valence-electron chi connectivity index (χ2n) is 4.17. The van der Waals surface area contributed by atoms with Crippen LogP contribution in [0.5, 0.6) is 0 Å². The molecule has 2 N–H and O–H groups in total. The number of amides is 2. The molecule has 1 aromatic rings. The molecule has 0 fully saturated rings. The molecule has 0 heterocycles. The van der Waals surface area contributed by atoms with Gasteiger partial charge in [-0.15, -0.1) is 0 Å². The van der Waals surface area contributed by atoms with E-state index in [0.717, 1.165) is 23.1 Å². The van der Waals surface area contributed by atoms with Crippen molar-refractivity contribution >= 4 is 23.7 Å². The van der Waals surface area contributed by atoms with Crippen LogP contribution >= 0.6 is 0 Å². The number of hydrogen-bond donors (Lipinski definition) is 2. The maximum atomic E-state index is 13.1. The Bertz CT molecular complexity index is 561. The fraction of sp³-hybridized carbons (Fsp3) is 0.308. The Morgan fingerprint density at radius 1 is 1.38 bits per heavy atom. The van der Waals surface area contributed by atoms with Crippen molar-refractivity contribution in [3.63, 3.8) is 0 Å². The molecule has 0 saturated heterocycles. The number of rotatable bonds is 5. The first-order valence-electron chi connectivity index (χ1n) is 5.97. The third-order valence-electron chi connectivity index (χ3n) is 2.68. The van der Waals surface area contributed by atoms with E-state index in [4.69, 9.17) is 5.11 Å². The van der Waals surface area contributed by atoms with Crippen LogP contribution < -0.4 is 5.32 Å². The number of ether oxygens (including phenoxy) is 1. The highest BCUT2D eigenvalue weighted by Crippen LogP contribution is 2.17. The van der Waals surface area contributed by atoms with Gasteiger partial charge in [0.2, 0.25) is 0 Å². The SMILES string of the molecule is COC(=O)CCN(C)C(=O)Nc1cc(F)ccc1C(=O)O. The number of methoxy groups -OCH3 is 1. The maximum Gasteiger partial charge on any atom is 0.337 e. The number of esters is 1. The molecule has 0 spiro atoms. The van der Waals surface area contributed by atoms with E-state index in [1.807, 2.05) is 0 Å². The summed E-state index contributed by atoms with van der Waals surface area (Å²) < 4.78 is 17.6. The van der Waals surface area contributed by atoms with Gasteiger partial charge in [-0.2, -0.15) is 0 Å². The van der Waals surface area contributed by atoms with Crippen LogP contribution in [-0.2, 0) is 9.53 Å². The molecular formula is C13H15FN2O5. The molecule has 114 valence electrons. The Labute approximate surface area is 120 Å². The summed E-state index contributed by atoms with van der Waals surface area (Å²) in [6.45, 7) is 0.0796. The number of hydrogen-bond acceptors (Lipinski definition) is 4. The lowest BCUT2D eigenvalue weighted by Gasteiger charge is -2.18. The number of aromatic carboxylic acids is 1. The minimum absolute atomic E-state index is 0.00460. The average molecular weight is 298 g/mol. The van der Waals surface area contributed by atoms with Gasteiger partial charge in [0.15, 0.2) is 0 Å². The Morgan fingerprint density at radius 3 is 2.62 bits per heavy atom. The Morgan fingerprint density at radius 2 is 2.05 bits per heavy atom. The summed E-state index contributed by atoms with van der Waals surface area (Å²) in [5, 5.41) is 11.3. The predicted molar refractivity (Wildman–Crippen MR) is 71.6 cm³/mol. The van der Waals surface area contributed by atoms with Gasteiger partial charge in [0, 0.05) is 13.6 Å². The van der Waals surface area contributed by atoms with E-state index >= 15 is 0 Å². The maximum absolute atomic E-state index is 13.1. The van der Waals surface area contributed by atoms with Gasteiger partial charge in [-0.3, -0.25) is 4.79 Å². The molecule has 0 aliphatic carbocycles. The lowest BCUT2D eigenvalue weighted by molar-refractivity contribution is -0.140. The van der Waals surface area contributed by atoms with Crippen molar-refractivity contribution in [2.24, 2.45) is 0 Å². The zero-order chi connectivity index (χ0) is 16.0. The number of carbonyl (C=O) groups excluding carboxylic acids is 2. The van der Waals surface area contributed by atoms with Crippen LogP contribution in [-0.4, -0.2) is 48.7 Å². The second kappa shape index (κ2) is 7.22. The molecule has 21 heavy (non-hydrogen) atoms. The Balaban J connectivity index is 2.76. The molecule has 8 heteroatoms. The molecule has 0 radical (unpaired) electrons. The smallest absolute Gasteiger partial charge is 0.337 e. The van der Waals surface area contributed by atoms with Crippen LogP contribution in [0.3, 0.4) is 0 Å². The largest absolute Gasteiger partial charge is 0.478 e. The molecule has 0 saturated carbocycles. The van der Waals surface area contributed by atoms with Crippen molar-refractivity contribution in [3.05, 3.63) is 29.6 Å². The van der Waals surface area contributed by atoms with Crippen molar-refractivity contribution in [1.82, 2.24) is 4.90 Å². The molecule has 0 atom stereocenters. The van der Waals surface area contributed by atoms with Crippen molar-refractivity contribution in [2.45, 2.75) is 6.42 Å². The quantitative estimate of drug-likeness (QED) is 0.804. The first kappa shape index (κ1) is 16.4. The number of carboxylic acids is 1. The van der Waals surface area contributed by atoms with Crippen LogP contribution in [0.15, 0.2) is 18.2 Å². The van der Waals surface area contributed by atoms with Gasteiger partial charge < -0.3 is 20.1 Å². The molecular weight excluding hydrogens is 283 g/mol. The van der Waals surface area contributed by atoms with Gasteiger partial charge in [0.25, 0.3) is 0 Å². The van der Waals surface area contributed by atoms with Crippen LogP contribution in [0.4, 0.5) is 14.9 Å². The van der Waals surface area contributed by atoms with E-state index in [1.165, 1.54) is 14.2 Å². The minimum Gasteiger partial charge on any atom is -0.478 e. The van der Waals surface area contributed by atoms with E-state index in [0.29, 0.717) is 0 Å². The summed E-state index contributed by atoms with van der Waals surface area (Å²) in [5.74, 6) is -2.44. The third-order valence-corrected chi connectivity index (χ3v) is 2.68. The summed E-state index contributed by atoms with van der Waals surface area (Å²) in [7, 11) is 2.65. The molecule has 0 aliphatic rings. The van der Waals surface area contributed by atoms with Gasteiger partial charge in [0.05, 0.1) is 24.8 Å².